The van der Waals surface area contributed by atoms with Gasteiger partial charge in [-0.1, -0.05) is 20.8 Å². The van der Waals surface area contributed by atoms with Crippen molar-refractivity contribution in [3.63, 3.8) is 0 Å². The lowest BCUT2D eigenvalue weighted by Gasteiger charge is -2.23. The molecule has 0 aliphatic rings. The summed E-state index contributed by atoms with van der Waals surface area (Å²) in [6, 6.07) is 0. The number of hydrogen-bond acceptors (Lipinski definition) is 1. The van der Waals surface area contributed by atoms with Gasteiger partial charge in [-0.15, -0.1) is 0 Å². The zero-order valence-electron chi connectivity index (χ0n) is 7.98. The van der Waals surface area contributed by atoms with E-state index < -0.39 is 0 Å². The molecule has 0 spiro atoms. The Labute approximate surface area is 70.1 Å². The minimum Gasteiger partial charge on any atom is -0.361 e. The fraction of sp³-hybridized carbons (Fsp3) is 0.889. The minimum atomic E-state index is 0.786. The summed E-state index contributed by atoms with van der Waals surface area (Å²) in [4.78, 5) is 2.17. The van der Waals surface area contributed by atoms with E-state index in [2.05, 4.69) is 18.7 Å². The van der Waals surface area contributed by atoms with Crippen LogP contribution in [0.15, 0.2) is 0 Å². The number of hydrogen-bond donors (Lipinski definition) is 1. The van der Waals surface area contributed by atoms with Crippen molar-refractivity contribution in [1.29, 1.82) is 5.41 Å². The minimum absolute atomic E-state index is 0.786. The third kappa shape index (κ3) is 4.02. The quantitative estimate of drug-likeness (QED) is 0.480. The van der Waals surface area contributed by atoms with Gasteiger partial charge in [0.25, 0.3) is 0 Å². The molecule has 11 heavy (non-hydrogen) atoms. The summed E-state index contributed by atoms with van der Waals surface area (Å²) in [6.45, 7) is 8.44. The van der Waals surface area contributed by atoms with Gasteiger partial charge in [0.1, 0.15) is 0 Å². The summed E-state index contributed by atoms with van der Waals surface area (Å²) in [6.07, 6.45) is 3.14. The zero-order chi connectivity index (χ0) is 8.69. The largest absolute Gasteiger partial charge is 0.361 e. The first-order chi connectivity index (χ1) is 5.26. The summed E-state index contributed by atoms with van der Waals surface area (Å²) < 4.78 is 0. The van der Waals surface area contributed by atoms with Crippen LogP contribution in [0.2, 0.25) is 0 Å². The monoisotopic (exact) mass is 156 g/mol. The van der Waals surface area contributed by atoms with Crippen molar-refractivity contribution in [2.75, 3.05) is 13.1 Å². The molecule has 2 nitrogen and oxygen atoms in total. The molecule has 2 heteroatoms. The second-order valence-corrected chi connectivity index (χ2v) is 2.79. The van der Waals surface area contributed by atoms with Crippen molar-refractivity contribution in [1.82, 2.24) is 4.90 Å². The van der Waals surface area contributed by atoms with E-state index in [0.717, 1.165) is 38.2 Å². The molecule has 0 atom stereocenters. The van der Waals surface area contributed by atoms with Gasteiger partial charge >= 0.3 is 0 Å². The van der Waals surface area contributed by atoms with Crippen LogP contribution in [0.3, 0.4) is 0 Å². The van der Waals surface area contributed by atoms with Gasteiger partial charge in [0.15, 0.2) is 0 Å². The molecule has 0 saturated heterocycles. The molecule has 0 aliphatic heterocycles. The van der Waals surface area contributed by atoms with Crippen molar-refractivity contribution >= 4 is 5.84 Å². The topological polar surface area (TPSA) is 27.1 Å². The molecule has 0 aliphatic carbocycles. The molecule has 0 radical (unpaired) electrons. The Morgan fingerprint density at radius 2 is 1.55 bits per heavy atom. The highest BCUT2D eigenvalue weighted by atomic mass is 15.2. The van der Waals surface area contributed by atoms with E-state index >= 15 is 0 Å². The van der Waals surface area contributed by atoms with Gasteiger partial charge in [0.2, 0.25) is 0 Å². The Morgan fingerprint density at radius 3 is 1.82 bits per heavy atom. The molecule has 0 aromatic rings. The number of nitrogens with zero attached hydrogens (tertiary/aromatic N) is 1. The van der Waals surface area contributed by atoms with Crippen molar-refractivity contribution in [2.24, 2.45) is 0 Å². The Hall–Kier alpha value is -0.530. The highest BCUT2D eigenvalue weighted by Gasteiger charge is 2.03. The van der Waals surface area contributed by atoms with Crippen LogP contribution >= 0.6 is 0 Å². The Morgan fingerprint density at radius 1 is 1.09 bits per heavy atom. The van der Waals surface area contributed by atoms with Crippen LogP contribution in [-0.2, 0) is 0 Å². The van der Waals surface area contributed by atoms with Crippen LogP contribution < -0.4 is 0 Å². The van der Waals surface area contributed by atoms with Gasteiger partial charge < -0.3 is 4.90 Å². The number of amidine groups is 1. The zero-order valence-corrected chi connectivity index (χ0v) is 7.98. The Kier molecular flexibility index (Phi) is 5.90. The summed E-state index contributed by atoms with van der Waals surface area (Å²) >= 11 is 0. The second-order valence-electron chi connectivity index (χ2n) is 2.79. The molecule has 0 aromatic carbocycles. The molecule has 0 amide bonds. The van der Waals surface area contributed by atoms with E-state index in [9.17, 15) is 0 Å². The molecule has 0 aromatic heterocycles. The lowest BCUT2D eigenvalue weighted by molar-refractivity contribution is 0.407. The lowest BCUT2D eigenvalue weighted by Crippen LogP contribution is -2.31. The van der Waals surface area contributed by atoms with Crippen LogP contribution in [0, 0.1) is 5.41 Å². The van der Waals surface area contributed by atoms with Crippen LogP contribution in [0.1, 0.15) is 40.0 Å². The number of nitrogens with one attached hydrogen (secondary N) is 1. The standard InChI is InChI=1S/C9H20N2/c1-4-7-11(8-5-2)9(10)6-3/h10H,4-8H2,1-3H3. The first-order valence-corrected chi connectivity index (χ1v) is 4.58. The number of rotatable bonds is 5. The highest BCUT2D eigenvalue weighted by Crippen LogP contribution is 1.97. The molecule has 0 bridgehead atoms. The van der Waals surface area contributed by atoms with Gasteiger partial charge in [0.05, 0.1) is 5.84 Å². The maximum atomic E-state index is 7.63. The maximum Gasteiger partial charge on any atom is 0.0954 e. The highest BCUT2D eigenvalue weighted by molar-refractivity contribution is 5.78. The van der Waals surface area contributed by atoms with E-state index in [-0.39, 0.29) is 0 Å². The summed E-state index contributed by atoms with van der Waals surface area (Å²) in [5.41, 5.74) is 0. The van der Waals surface area contributed by atoms with Gasteiger partial charge in [0, 0.05) is 19.5 Å². The fourth-order valence-electron chi connectivity index (χ4n) is 1.15. The van der Waals surface area contributed by atoms with E-state index in [1.165, 1.54) is 0 Å². The van der Waals surface area contributed by atoms with E-state index in [1.54, 1.807) is 0 Å². The van der Waals surface area contributed by atoms with Crippen LogP contribution in [0.4, 0.5) is 0 Å². The molecular weight excluding hydrogens is 136 g/mol. The second kappa shape index (κ2) is 6.20. The van der Waals surface area contributed by atoms with Crippen LogP contribution in [-0.4, -0.2) is 23.8 Å². The van der Waals surface area contributed by atoms with Gasteiger partial charge in [-0.2, -0.15) is 0 Å². The van der Waals surface area contributed by atoms with Crippen LogP contribution in [0.25, 0.3) is 0 Å². The molecule has 0 heterocycles. The molecule has 0 unspecified atom stereocenters. The van der Waals surface area contributed by atoms with E-state index in [1.807, 2.05) is 6.92 Å². The maximum absolute atomic E-state index is 7.63. The molecule has 1 N–H and O–H groups in total. The molecular formula is C9H20N2. The van der Waals surface area contributed by atoms with E-state index in [4.69, 9.17) is 5.41 Å². The van der Waals surface area contributed by atoms with Crippen molar-refractivity contribution < 1.29 is 0 Å². The average Bonchev–Trinajstić information content (AvgIpc) is 2.03. The first-order valence-electron chi connectivity index (χ1n) is 4.58. The summed E-state index contributed by atoms with van der Waals surface area (Å²) in [5.74, 6) is 0.786. The van der Waals surface area contributed by atoms with Crippen LogP contribution in [0.5, 0.6) is 0 Å². The average molecular weight is 156 g/mol. The molecule has 0 saturated carbocycles. The van der Waals surface area contributed by atoms with Gasteiger partial charge in [-0.05, 0) is 12.8 Å². The van der Waals surface area contributed by atoms with Crippen molar-refractivity contribution in [2.45, 2.75) is 40.0 Å². The fourth-order valence-corrected chi connectivity index (χ4v) is 1.15. The normalized spacial score (nSPS) is 9.73. The third-order valence-corrected chi connectivity index (χ3v) is 1.70. The van der Waals surface area contributed by atoms with E-state index in [0.29, 0.717) is 0 Å². The first kappa shape index (κ1) is 10.5. The summed E-state index contributed by atoms with van der Waals surface area (Å²) in [5, 5.41) is 7.63. The Bertz CT molecular complexity index is 104. The van der Waals surface area contributed by atoms with Crippen molar-refractivity contribution in [3.8, 4) is 0 Å². The predicted octanol–water partition coefficient (Wildman–Crippen LogP) is 2.50. The lowest BCUT2D eigenvalue weighted by atomic mass is 10.3. The third-order valence-electron chi connectivity index (χ3n) is 1.70. The molecule has 0 fully saturated rings. The predicted molar refractivity (Wildman–Crippen MR) is 50.2 cm³/mol. The van der Waals surface area contributed by atoms with Crippen molar-refractivity contribution in [3.05, 3.63) is 0 Å². The van der Waals surface area contributed by atoms with Gasteiger partial charge in [-0.25, -0.2) is 0 Å². The summed E-state index contributed by atoms with van der Waals surface area (Å²) in [7, 11) is 0. The smallest absolute Gasteiger partial charge is 0.0954 e. The molecule has 0 rings (SSSR count). The Balaban J connectivity index is 3.76. The molecule has 66 valence electrons. The van der Waals surface area contributed by atoms with Gasteiger partial charge in [-0.3, -0.25) is 5.41 Å². The SMILES string of the molecule is CCCN(CCC)C(=N)CC.